The number of anilines is 1. The molecule has 0 unspecified atom stereocenters. The van der Waals surface area contributed by atoms with Crippen LogP contribution in [-0.2, 0) is 0 Å². The van der Waals surface area contributed by atoms with Crippen molar-refractivity contribution in [1.82, 2.24) is 0 Å². The van der Waals surface area contributed by atoms with E-state index in [0.717, 1.165) is 11.1 Å². The highest BCUT2D eigenvalue weighted by atomic mass is 16.4. The smallest absolute Gasteiger partial charge is 0.337 e. The molecule has 0 aliphatic rings. The van der Waals surface area contributed by atoms with Gasteiger partial charge in [-0.05, 0) is 23.3 Å². The number of nitrogens with two attached hydrogens (primary N) is 1. The zero-order valence-electron chi connectivity index (χ0n) is 8.55. The fourth-order valence-electron chi connectivity index (χ4n) is 1.57. The third-order valence-corrected chi connectivity index (χ3v) is 2.39. The number of nitrogen functional groups attached to an aromatic ring is 1. The lowest BCUT2D eigenvalue weighted by Gasteiger charge is -2.05. The number of hydrogen-bond acceptors (Lipinski definition) is 2. The number of benzene rings is 2. The first-order chi connectivity index (χ1) is 7.68. The second kappa shape index (κ2) is 4.06. The van der Waals surface area contributed by atoms with E-state index in [1.165, 1.54) is 6.07 Å². The first-order valence-electron chi connectivity index (χ1n) is 4.87. The summed E-state index contributed by atoms with van der Waals surface area (Å²) in [6.07, 6.45) is 0. The third kappa shape index (κ3) is 1.88. The van der Waals surface area contributed by atoms with Crippen LogP contribution in [0.3, 0.4) is 0 Å². The van der Waals surface area contributed by atoms with Crippen molar-refractivity contribution in [3.63, 3.8) is 0 Å². The van der Waals surface area contributed by atoms with E-state index in [1.54, 1.807) is 12.1 Å². The van der Waals surface area contributed by atoms with E-state index in [-0.39, 0.29) is 11.3 Å². The molecule has 0 atom stereocenters. The lowest BCUT2D eigenvalue weighted by molar-refractivity contribution is 0.0698. The summed E-state index contributed by atoms with van der Waals surface area (Å²) >= 11 is 0. The molecule has 3 N–H and O–H groups in total. The van der Waals surface area contributed by atoms with Gasteiger partial charge in [0, 0.05) is 5.69 Å². The van der Waals surface area contributed by atoms with Crippen molar-refractivity contribution in [2.75, 3.05) is 5.73 Å². The van der Waals surface area contributed by atoms with Gasteiger partial charge in [0.2, 0.25) is 0 Å². The van der Waals surface area contributed by atoms with Crippen LogP contribution in [0.5, 0.6) is 0 Å². The van der Waals surface area contributed by atoms with E-state index in [9.17, 15) is 4.79 Å². The molecule has 0 saturated heterocycles. The Hall–Kier alpha value is -2.29. The molecule has 0 bridgehead atoms. The number of carbonyl (C=O) groups is 1. The minimum atomic E-state index is -1.00. The molecule has 0 fully saturated rings. The van der Waals surface area contributed by atoms with Crippen LogP contribution in [0, 0.1) is 0 Å². The van der Waals surface area contributed by atoms with Crippen LogP contribution in [-0.4, -0.2) is 11.1 Å². The Morgan fingerprint density at radius 1 is 1.00 bits per heavy atom. The summed E-state index contributed by atoms with van der Waals surface area (Å²) in [4.78, 5) is 10.8. The molecule has 0 amide bonds. The Bertz CT molecular complexity index is 521. The van der Waals surface area contributed by atoms with Crippen LogP contribution >= 0.6 is 0 Å². The molecule has 3 heteroatoms. The van der Waals surface area contributed by atoms with Crippen LogP contribution in [0.4, 0.5) is 5.69 Å². The summed E-state index contributed by atoms with van der Waals surface area (Å²) in [5, 5.41) is 8.85. The lowest BCUT2D eigenvalue weighted by Crippen LogP contribution is -2.01. The Labute approximate surface area is 93.1 Å². The molecule has 0 aromatic heterocycles. The first-order valence-corrected chi connectivity index (χ1v) is 4.87. The van der Waals surface area contributed by atoms with Crippen LogP contribution in [0.25, 0.3) is 11.1 Å². The molecule has 3 nitrogen and oxygen atoms in total. The van der Waals surface area contributed by atoms with Crippen molar-refractivity contribution >= 4 is 11.7 Å². The summed E-state index contributed by atoms with van der Waals surface area (Å²) in [5.74, 6) is -1.00. The predicted molar refractivity (Wildman–Crippen MR) is 63.2 cm³/mol. The number of rotatable bonds is 2. The highest BCUT2D eigenvalue weighted by molar-refractivity contribution is 5.94. The highest BCUT2D eigenvalue weighted by Gasteiger charge is 2.08. The summed E-state index contributed by atoms with van der Waals surface area (Å²) in [6, 6.07) is 14.7. The van der Waals surface area contributed by atoms with Gasteiger partial charge in [0.1, 0.15) is 0 Å². The van der Waals surface area contributed by atoms with Gasteiger partial charge in [-0.25, -0.2) is 4.79 Å². The maximum atomic E-state index is 10.8. The maximum absolute atomic E-state index is 10.8. The van der Waals surface area contributed by atoms with Gasteiger partial charge in [-0.2, -0.15) is 0 Å². The number of carboxylic acid groups (broad SMARTS) is 1. The molecule has 0 spiro atoms. The van der Waals surface area contributed by atoms with Crippen molar-refractivity contribution in [1.29, 1.82) is 0 Å². The Morgan fingerprint density at radius 3 is 2.25 bits per heavy atom. The summed E-state index contributed by atoms with van der Waals surface area (Å²) in [5.41, 5.74) is 8.04. The second-order valence-corrected chi connectivity index (χ2v) is 3.47. The Kier molecular flexibility index (Phi) is 2.60. The predicted octanol–water partition coefficient (Wildman–Crippen LogP) is 2.63. The molecule has 2 aromatic carbocycles. The fraction of sp³-hybridized carbons (Fsp3) is 0. The van der Waals surface area contributed by atoms with E-state index < -0.39 is 5.97 Å². The summed E-state index contributed by atoms with van der Waals surface area (Å²) < 4.78 is 0. The van der Waals surface area contributed by atoms with Gasteiger partial charge in [-0.3, -0.25) is 0 Å². The molecule has 2 aromatic rings. The Balaban J connectivity index is 2.46. The number of aromatic carboxylic acids is 1. The molecule has 16 heavy (non-hydrogen) atoms. The molecule has 2 rings (SSSR count). The average Bonchev–Trinajstić information content (AvgIpc) is 2.29. The topological polar surface area (TPSA) is 63.3 Å². The normalized spacial score (nSPS) is 10.0. The van der Waals surface area contributed by atoms with Gasteiger partial charge in [-0.15, -0.1) is 0 Å². The van der Waals surface area contributed by atoms with E-state index in [0.29, 0.717) is 0 Å². The van der Waals surface area contributed by atoms with E-state index in [4.69, 9.17) is 10.8 Å². The van der Waals surface area contributed by atoms with Gasteiger partial charge in [0.15, 0.2) is 0 Å². The van der Waals surface area contributed by atoms with Gasteiger partial charge in [0.05, 0.1) is 5.56 Å². The molecule has 80 valence electrons. The van der Waals surface area contributed by atoms with E-state index in [2.05, 4.69) is 0 Å². The summed E-state index contributed by atoms with van der Waals surface area (Å²) in [7, 11) is 0. The van der Waals surface area contributed by atoms with Gasteiger partial charge in [0.25, 0.3) is 0 Å². The van der Waals surface area contributed by atoms with Gasteiger partial charge in [-0.1, -0.05) is 36.4 Å². The maximum Gasteiger partial charge on any atom is 0.337 e. The highest BCUT2D eigenvalue weighted by Crippen LogP contribution is 2.23. The monoisotopic (exact) mass is 213 g/mol. The zero-order chi connectivity index (χ0) is 11.5. The van der Waals surface area contributed by atoms with Crippen LogP contribution < -0.4 is 5.73 Å². The van der Waals surface area contributed by atoms with Gasteiger partial charge < -0.3 is 10.8 Å². The van der Waals surface area contributed by atoms with Crippen molar-refractivity contribution in [2.24, 2.45) is 0 Å². The lowest BCUT2D eigenvalue weighted by atomic mass is 10.0. The summed E-state index contributed by atoms with van der Waals surface area (Å²) in [6.45, 7) is 0. The third-order valence-electron chi connectivity index (χ3n) is 2.39. The molecule has 0 aliphatic carbocycles. The van der Waals surface area contributed by atoms with Crippen LogP contribution in [0.2, 0.25) is 0 Å². The van der Waals surface area contributed by atoms with E-state index in [1.807, 2.05) is 30.3 Å². The molecular weight excluding hydrogens is 202 g/mol. The fourth-order valence-corrected chi connectivity index (χ4v) is 1.57. The SMILES string of the molecule is Nc1cc(-c2ccccc2)ccc1C(=O)O. The van der Waals surface area contributed by atoms with Crippen molar-refractivity contribution in [3.8, 4) is 11.1 Å². The van der Waals surface area contributed by atoms with Crippen LogP contribution in [0.1, 0.15) is 10.4 Å². The molecular formula is C13H11NO2. The van der Waals surface area contributed by atoms with Crippen LogP contribution in [0.15, 0.2) is 48.5 Å². The largest absolute Gasteiger partial charge is 0.478 e. The quantitative estimate of drug-likeness (QED) is 0.754. The van der Waals surface area contributed by atoms with E-state index >= 15 is 0 Å². The second-order valence-electron chi connectivity index (χ2n) is 3.47. The number of carboxylic acids is 1. The standard InChI is InChI=1S/C13H11NO2/c14-12-8-10(6-7-11(12)13(15)16)9-4-2-1-3-5-9/h1-8H,14H2,(H,15,16). The molecule has 0 radical (unpaired) electrons. The van der Waals surface area contributed by atoms with Crippen molar-refractivity contribution < 1.29 is 9.90 Å². The molecule has 0 heterocycles. The minimum Gasteiger partial charge on any atom is -0.478 e. The van der Waals surface area contributed by atoms with Crippen molar-refractivity contribution in [3.05, 3.63) is 54.1 Å². The first kappa shape index (κ1) is 10.2. The number of hydrogen-bond donors (Lipinski definition) is 2. The Morgan fingerprint density at radius 2 is 1.69 bits per heavy atom. The molecule has 0 aliphatic heterocycles. The zero-order valence-corrected chi connectivity index (χ0v) is 8.55. The average molecular weight is 213 g/mol. The minimum absolute atomic E-state index is 0.139. The molecule has 0 saturated carbocycles. The van der Waals surface area contributed by atoms with Crippen molar-refractivity contribution in [2.45, 2.75) is 0 Å². The van der Waals surface area contributed by atoms with Gasteiger partial charge >= 0.3 is 5.97 Å².